The fourth-order valence-corrected chi connectivity index (χ4v) is 1.31. The van der Waals surface area contributed by atoms with Crippen LogP contribution in [0.5, 0.6) is 0 Å². The number of carbonyl (C=O) groups excluding carboxylic acids is 2. The molecule has 0 saturated heterocycles. The van der Waals surface area contributed by atoms with Gasteiger partial charge in [-0.2, -0.15) is 0 Å². The Labute approximate surface area is 106 Å². The molecule has 18 heavy (non-hydrogen) atoms. The van der Waals surface area contributed by atoms with E-state index in [0.29, 0.717) is 12.5 Å². The summed E-state index contributed by atoms with van der Waals surface area (Å²) in [5, 5.41) is 9.65. The molecule has 0 saturated carbocycles. The standard InChI is InChI=1S/C10H22N4O4/c1-6(2)4-18-5-7(15)3-8(9(16)13-11)10(17)14-12/h6-8,15H,3-5,11-12H2,1-2H3,(H,13,16)(H,14,17). The van der Waals surface area contributed by atoms with Crippen LogP contribution in [0, 0.1) is 11.8 Å². The van der Waals surface area contributed by atoms with Crippen molar-refractivity contribution in [3.8, 4) is 0 Å². The van der Waals surface area contributed by atoms with E-state index in [1.54, 1.807) is 0 Å². The van der Waals surface area contributed by atoms with E-state index in [9.17, 15) is 14.7 Å². The van der Waals surface area contributed by atoms with Gasteiger partial charge >= 0.3 is 0 Å². The summed E-state index contributed by atoms with van der Waals surface area (Å²) in [5.74, 6) is 7.68. The molecule has 0 aliphatic rings. The van der Waals surface area contributed by atoms with E-state index in [1.165, 1.54) is 0 Å². The van der Waals surface area contributed by atoms with Crippen molar-refractivity contribution in [1.82, 2.24) is 10.9 Å². The van der Waals surface area contributed by atoms with E-state index < -0.39 is 23.8 Å². The van der Waals surface area contributed by atoms with Crippen molar-refractivity contribution in [2.45, 2.75) is 26.4 Å². The summed E-state index contributed by atoms with van der Waals surface area (Å²) >= 11 is 0. The lowest BCUT2D eigenvalue weighted by molar-refractivity contribution is -0.137. The number of hydrogen-bond acceptors (Lipinski definition) is 6. The fraction of sp³-hybridized carbons (Fsp3) is 0.800. The number of amides is 2. The Morgan fingerprint density at radius 1 is 1.17 bits per heavy atom. The van der Waals surface area contributed by atoms with Crippen molar-refractivity contribution >= 4 is 11.8 Å². The first kappa shape index (κ1) is 16.8. The molecule has 0 bridgehead atoms. The molecule has 0 aromatic carbocycles. The van der Waals surface area contributed by atoms with Crippen LogP contribution in [0.1, 0.15) is 20.3 Å². The second-order valence-corrected chi connectivity index (χ2v) is 4.39. The Morgan fingerprint density at radius 3 is 2.06 bits per heavy atom. The Morgan fingerprint density at radius 2 is 1.67 bits per heavy atom. The van der Waals surface area contributed by atoms with Crippen molar-refractivity contribution in [2.24, 2.45) is 23.5 Å². The molecule has 0 radical (unpaired) electrons. The lowest BCUT2D eigenvalue weighted by atomic mass is 10.0. The fourth-order valence-electron chi connectivity index (χ4n) is 1.31. The van der Waals surface area contributed by atoms with Gasteiger partial charge in [-0.05, 0) is 12.3 Å². The normalized spacial score (nSPS) is 12.6. The number of hydrazine groups is 2. The average Bonchev–Trinajstić information content (AvgIpc) is 2.33. The third-order valence-electron chi connectivity index (χ3n) is 2.19. The Kier molecular flexibility index (Phi) is 8.21. The van der Waals surface area contributed by atoms with Crippen LogP contribution in [0.4, 0.5) is 0 Å². The quantitative estimate of drug-likeness (QED) is 0.148. The molecule has 0 aliphatic heterocycles. The predicted molar refractivity (Wildman–Crippen MR) is 64.4 cm³/mol. The molecular weight excluding hydrogens is 240 g/mol. The van der Waals surface area contributed by atoms with Crippen LogP contribution in [-0.4, -0.2) is 36.2 Å². The van der Waals surface area contributed by atoms with Crippen molar-refractivity contribution in [2.75, 3.05) is 13.2 Å². The van der Waals surface area contributed by atoms with Gasteiger partial charge in [0, 0.05) is 6.61 Å². The molecule has 1 unspecified atom stereocenters. The molecule has 0 aromatic heterocycles. The summed E-state index contributed by atoms with van der Waals surface area (Å²) in [6.07, 6.45) is -1.05. The number of carbonyl (C=O) groups is 2. The van der Waals surface area contributed by atoms with Gasteiger partial charge in [0.25, 0.3) is 0 Å². The maximum atomic E-state index is 11.3. The second-order valence-electron chi connectivity index (χ2n) is 4.39. The van der Waals surface area contributed by atoms with Crippen LogP contribution in [0.15, 0.2) is 0 Å². The number of nitrogens with one attached hydrogen (secondary N) is 2. The maximum absolute atomic E-state index is 11.3. The van der Waals surface area contributed by atoms with Gasteiger partial charge in [0.2, 0.25) is 11.8 Å². The predicted octanol–water partition coefficient (Wildman–Crippen LogP) is -1.99. The molecule has 0 aliphatic carbocycles. The molecular formula is C10H22N4O4. The summed E-state index contributed by atoms with van der Waals surface area (Å²) < 4.78 is 5.21. The first-order chi connectivity index (χ1) is 8.42. The highest BCUT2D eigenvalue weighted by Crippen LogP contribution is 2.08. The third kappa shape index (κ3) is 6.50. The molecule has 8 heteroatoms. The lowest BCUT2D eigenvalue weighted by Gasteiger charge is -2.18. The van der Waals surface area contributed by atoms with Gasteiger partial charge in [-0.3, -0.25) is 20.4 Å². The third-order valence-corrected chi connectivity index (χ3v) is 2.19. The Balaban J connectivity index is 4.23. The minimum absolute atomic E-state index is 0.0460. The molecule has 0 aromatic rings. The number of nitrogens with two attached hydrogens (primary N) is 2. The minimum Gasteiger partial charge on any atom is -0.391 e. The van der Waals surface area contributed by atoms with Gasteiger partial charge in [-0.1, -0.05) is 13.8 Å². The van der Waals surface area contributed by atoms with E-state index in [2.05, 4.69) is 0 Å². The van der Waals surface area contributed by atoms with Gasteiger partial charge in [0.05, 0.1) is 12.7 Å². The molecule has 106 valence electrons. The second kappa shape index (κ2) is 8.81. The summed E-state index contributed by atoms with van der Waals surface area (Å²) in [6, 6.07) is 0. The van der Waals surface area contributed by atoms with Crippen LogP contribution < -0.4 is 22.5 Å². The summed E-state index contributed by atoms with van der Waals surface area (Å²) in [5.41, 5.74) is 3.71. The van der Waals surface area contributed by atoms with Gasteiger partial charge in [0.1, 0.15) is 5.92 Å². The van der Waals surface area contributed by atoms with Crippen molar-refractivity contribution in [1.29, 1.82) is 0 Å². The Hall–Kier alpha value is -1.22. The van der Waals surface area contributed by atoms with Crippen LogP contribution >= 0.6 is 0 Å². The zero-order valence-electron chi connectivity index (χ0n) is 10.7. The molecule has 0 heterocycles. The number of aliphatic hydroxyl groups is 1. The molecule has 0 fully saturated rings. The van der Waals surface area contributed by atoms with Gasteiger partial charge in [-0.25, -0.2) is 11.7 Å². The number of aliphatic hydroxyl groups excluding tert-OH is 1. The summed E-state index contributed by atoms with van der Waals surface area (Å²) in [7, 11) is 0. The van der Waals surface area contributed by atoms with Crippen molar-refractivity contribution < 1.29 is 19.4 Å². The summed E-state index contributed by atoms with van der Waals surface area (Å²) in [6.45, 7) is 4.48. The average molecular weight is 262 g/mol. The maximum Gasteiger partial charge on any atom is 0.246 e. The summed E-state index contributed by atoms with van der Waals surface area (Å²) in [4.78, 5) is 22.7. The Bertz CT molecular complexity index is 257. The minimum atomic E-state index is -1.14. The van der Waals surface area contributed by atoms with Gasteiger partial charge in [-0.15, -0.1) is 0 Å². The van der Waals surface area contributed by atoms with E-state index in [4.69, 9.17) is 16.4 Å². The van der Waals surface area contributed by atoms with Gasteiger partial charge in [0.15, 0.2) is 0 Å². The SMILES string of the molecule is CC(C)COCC(O)CC(C(=O)NN)C(=O)NN. The van der Waals surface area contributed by atoms with E-state index in [1.807, 2.05) is 24.7 Å². The monoisotopic (exact) mass is 262 g/mol. The van der Waals surface area contributed by atoms with Crippen LogP contribution in [-0.2, 0) is 14.3 Å². The highest BCUT2D eigenvalue weighted by atomic mass is 16.5. The van der Waals surface area contributed by atoms with E-state index in [-0.39, 0.29) is 13.0 Å². The molecule has 1 atom stereocenters. The zero-order valence-corrected chi connectivity index (χ0v) is 10.7. The van der Waals surface area contributed by atoms with Crippen molar-refractivity contribution in [3.63, 3.8) is 0 Å². The molecule has 0 rings (SSSR count). The van der Waals surface area contributed by atoms with Crippen LogP contribution in [0.3, 0.4) is 0 Å². The highest BCUT2D eigenvalue weighted by Gasteiger charge is 2.28. The topological polar surface area (TPSA) is 140 Å². The zero-order chi connectivity index (χ0) is 14.1. The van der Waals surface area contributed by atoms with E-state index >= 15 is 0 Å². The first-order valence-corrected chi connectivity index (χ1v) is 5.69. The van der Waals surface area contributed by atoms with E-state index in [0.717, 1.165) is 0 Å². The lowest BCUT2D eigenvalue weighted by Crippen LogP contribution is -2.47. The molecule has 0 spiro atoms. The molecule has 7 N–H and O–H groups in total. The highest BCUT2D eigenvalue weighted by molar-refractivity contribution is 5.99. The van der Waals surface area contributed by atoms with Crippen LogP contribution in [0.25, 0.3) is 0 Å². The number of rotatable bonds is 8. The first-order valence-electron chi connectivity index (χ1n) is 5.69. The smallest absolute Gasteiger partial charge is 0.246 e. The molecule has 8 nitrogen and oxygen atoms in total. The number of ether oxygens (including phenoxy) is 1. The largest absolute Gasteiger partial charge is 0.391 e. The van der Waals surface area contributed by atoms with Crippen molar-refractivity contribution in [3.05, 3.63) is 0 Å². The number of hydrogen-bond donors (Lipinski definition) is 5. The van der Waals surface area contributed by atoms with Crippen LogP contribution in [0.2, 0.25) is 0 Å². The van der Waals surface area contributed by atoms with Gasteiger partial charge < -0.3 is 9.84 Å². The molecule has 2 amide bonds.